The summed E-state index contributed by atoms with van der Waals surface area (Å²) < 4.78 is 32.3. The summed E-state index contributed by atoms with van der Waals surface area (Å²) in [4.78, 5) is 126. The lowest BCUT2D eigenvalue weighted by molar-refractivity contribution is -0.124. The van der Waals surface area contributed by atoms with E-state index in [1.54, 1.807) is 4.57 Å². The number of carbonyl (C=O) groups is 7. The molecule has 0 spiro atoms. The summed E-state index contributed by atoms with van der Waals surface area (Å²) in [5.41, 5.74) is 37.4. The van der Waals surface area contributed by atoms with E-state index in [9.17, 15) is 53.2 Å². The molecule has 15 atom stereocenters. The van der Waals surface area contributed by atoms with Crippen LogP contribution in [0.4, 0.5) is 0 Å². The number of aliphatic hydroxyl groups is 2. The Hall–Kier alpha value is -7.00. The van der Waals surface area contributed by atoms with Crippen LogP contribution in [0.5, 0.6) is 0 Å². The van der Waals surface area contributed by atoms with Gasteiger partial charge in [0.25, 0.3) is 0 Å². The Morgan fingerprint density at radius 2 is 1.40 bits per heavy atom. The lowest BCUT2D eigenvalue weighted by Gasteiger charge is -2.48. The molecular weight excluding hydrogens is 1180 g/mol. The molecule has 2 unspecified atom stereocenters. The number of primary amides is 6. The number of nitrogens with one attached hydrogen (secondary N) is 2. The Kier molecular flexibility index (Phi) is 19.6. The molecule has 0 saturated carbocycles. The van der Waals surface area contributed by atoms with Gasteiger partial charge in [0.15, 0.2) is 6.23 Å². The van der Waals surface area contributed by atoms with Gasteiger partial charge in [-0.15, -0.1) is 0 Å². The summed E-state index contributed by atoms with van der Waals surface area (Å²) in [5.74, 6) is -7.18. The van der Waals surface area contributed by atoms with Crippen molar-refractivity contribution in [3.8, 4) is 0 Å². The highest BCUT2D eigenvalue weighted by atomic mass is 31.2. The molecule has 0 aliphatic carbocycles. The van der Waals surface area contributed by atoms with E-state index in [0.717, 1.165) is 11.1 Å². The van der Waals surface area contributed by atoms with Crippen LogP contribution in [0.2, 0.25) is 0 Å². The monoisotopic (exact) mass is 1270 g/mol. The van der Waals surface area contributed by atoms with E-state index in [1.165, 1.54) is 13.3 Å². The average Bonchev–Trinajstić information content (AvgIpc) is 1.53. The van der Waals surface area contributed by atoms with Gasteiger partial charge in [-0.2, -0.15) is 0 Å². The van der Waals surface area contributed by atoms with Crippen LogP contribution < -0.4 is 45.0 Å². The number of phosphoric ester groups is 1. The minimum Gasteiger partial charge on any atom is -0.394 e. The second-order valence-electron chi connectivity index (χ2n) is 27.1. The van der Waals surface area contributed by atoms with Crippen LogP contribution in [0.1, 0.15) is 150 Å². The maximum Gasteiger partial charge on any atom is 0.472 e. The van der Waals surface area contributed by atoms with Crippen LogP contribution in [-0.2, 0) is 51.9 Å². The van der Waals surface area contributed by atoms with Gasteiger partial charge < -0.3 is 69.4 Å². The van der Waals surface area contributed by atoms with Crippen molar-refractivity contribution < 1.29 is 67.0 Å². The van der Waals surface area contributed by atoms with Crippen molar-refractivity contribution in [1.82, 2.24) is 20.2 Å². The quantitative estimate of drug-likeness (QED) is 0.0603. The molecule has 6 aliphatic rings. The van der Waals surface area contributed by atoms with Gasteiger partial charge in [-0.25, -0.2) is 9.55 Å². The molecule has 8 rings (SSSR count). The molecular formula is C62H90N13O14P. The third kappa shape index (κ3) is 13.0. The highest BCUT2D eigenvalue weighted by Gasteiger charge is 2.66. The van der Waals surface area contributed by atoms with Crippen LogP contribution in [0.3, 0.4) is 0 Å². The van der Waals surface area contributed by atoms with Crippen molar-refractivity contribution >= 4 is 77.3 Å². The number of aliphatic imine (C=N–C) groups is 3. The van der Waals surface area contributed by atoms with Gasteiger partial charge in [-0.3, -0.25) is 57.6 Å². The van der Waals surface area contributed by atoms with Gasteiger partial charge in [0.05, 0.1) is 41.7 Å². The smallest absolute Gasteiger partial charge is 0.394 e. The summed E-state index contributed by atoms with van der Waals surface area (Å²) >= 11 is 0. The molecule has 492 valence electrons. The highest BCUT2D eigenvalue weighted by molar-refractivity contribution is 7.47. The number of hydrogen-bond acceptors (Lipinski definition) is 18. The number of aromatic nitrogens is 2. The zero-order valence-electron chi connectivity index (χ0n) is 53.3. The van der Waals surface area contributed by atoms with E-state index in [1.807, 2.05) is 87.4 Å². The summed E-state index contributed by atoms with van der Waals surface area (Å²) in [5, 5.41) is 28.2. The number of imidazole rings is 1. The van der Waals surface area contributed by atoms with Crippen LogP contribution in [0.25, 0.3) is 11.0 Å². The number of hydrogen-bond donors (Lipinski definition) is 11. The second-order valence-corrected chi connectivity index (χ2v) is 28.4. The predicted molar refractivity (Wildman–Crippen MR) is 334 cm³/mol. The Bertz CT molecular complexity index is 3540. The van der Waals surface area contributed by atoms with E-state index in [-0.39, 0.29) is 77.2 Å². The van der Waals surface area contributed by atoms with Crippen molar-refractivity contribution in [2.24, 2.45) is 94.7 Å². The van der Waals surface area contributed by atoms with Gasteiger partial charge in [-0.05, 0) is 108 Å². The Morgan fingerprint density at radius 3 is 1.99 bits per heavy atom. The normalized spacial score (nSPS) is 32.8. The van der Waals surface area contributed by atoms with Crippen molar-refractivity contribution in [1.29, 1.82) is 0 Å². The lowest BCUT2D eigenvalue weighted by Crippen LogP contribution is -2.56. The SMILES string of the molecule is CC1=C2N=C(C=C3N/C(=C(/C)C4=N[C@@](C)(C5N=C1[C@](C)(CCC(=O)NC[C@@H](C)OP(=O)(O)O[C@H]1[C@@H](O)[C@@H](n6cnc7cc(C)c(C)cc76)O[C@@H]1CO)[C@H]5CC(N)=O)[C@@](C)(CC(N)=O)[C@@H]4CCC(N)=O)[C@@](C)(CC(N)=O)[C@@H]3CCC(N)=O)C(C)(C)[C@@H]2CCC(N)=O. The largest absolute Gasteiger partial charge is 0.472 e. The summed E-state index contributed by atoms with van der Waals surface area (Å²) in [7, 11) is -5.07. The molecule has 2 saturated heterocycles. The average molecular weight is 1270 g/mol. The molecule has 2 aromatic rings. The number of aryl methyl sites for hydroxylation is 2. The summed E-state index contributed by atoms with van der Waals surface area (Å²) in [6.45, 7) is 19.3. The fraction of sp³-hybridized carbons (Fsp3) is 0.629. The molecule has 1 aromatic heterocycles. The Balaban J connectivity index is 1.19. The Morgan fingerprint density at radius 1 is 0.800 bits per heavy atom. The standard InChI is InChI=1S/C62H90N13O14P/c1-29-20-39-40(21-30(29)2)75(28-70-39)57-52(84)53(41(27-76)87-57)89-90(85,86)88-31(3)26-69-49(83)18-19-59(8)37(22-46(66)80)56-62(11)61(10,25-48(68)82)36(14-17-45(65)79)51(74-62)33(5)55-60(9,24-47(67)81)34(12-15-43(63)77)38(71-55)23-42-58(6,7)35(13-16-44(64)78)50(72-42)32(4)54(59)73-56/h20-21,23,28,31,34-37,41,52-53,56-57,71,76,84H,12-19,22,24-27H2,1-11H3,(H2,63,77)(H2,64,78)(H2,65,79)(H2,66,80)(H2,67,81)(H2,68,82)(H,69,83)(H,85,86)/b38-23?,50-32?,55-33-/t31-,34-,35-,36-,37+,41-,52-,53-,56?,57+,59-,60+,61+,62+/m1/s1. The van der Waals surface area contributed by atoms with Gasteiger partial charge in [0.1, 0.15) is 18.3 Å². The molecule has 7 heterocycles. The number of phosphoric acid groups is 1. The highest BCUT2D eigenvalue weighted by Crippen LogP contribution is 2.63. The topological polar surface area (TPSA) is 460 Å². The number of aliphatic hydroxyl groups excluding tert-OH is 2. The number of nitrogens with two attached hydrogens (primary N) is 6. The van der Waals surface area contributed by atoms with Crippen LogP contribution in [0.15, 0.2) is 67.8 Å². The van der Waals surface area contributed by atoms with Gasteiger partial charge in [0.2, 0.25) is 41.4 Å². The van der Waals surface area contributed by atoms with Crippen molar-refractivity contribution in [2.45, 2.75) is 189 Å². The lowest BCUT2D eigenvalue weighted by atomic mass is 9.55. The van der Waals surface area contributed by atoms with Crippen molar-refractivity contribution in [2.75, 3.05) is 13.2 Å². The molecule has 28 heteroatoms. The van der Waals surface area contributed by atoms with Crippen LogP contribution >= 0.6 is 7.82 Å². The molecule has 90 heavy (non-hydrogen) atoms. The fourth-order valence-corrected chi connectivity index (χ4v) is 16.6. The van der Waals surface area contributed by atoms with Gasteiger partial charge >= 0.3 is 7.82 Å². The van der Waals surface area contributed by atoms with Crippen LogP contribution in [-0.4, -0.2) is 132 Å². The molecule has 1 aromatic carbocycles. The Labute approximate surface area is 523 Å². The minimum absolute atomic E-state index is 0.0114. The molecule has 8 bridgehead atoms. The number of ether oxygens (including phenoxy) is 1. The molecule has 27 nitrogen and oxygen atoms in total. The summed E-state index contributed by atoms with van der Waals surface area (Å²) in [6, 6.07) is 2.70. The molecule has 6 aliphatic heterocycles. The van der Waals surface area contributed by atoms with E-state index in [0.29, 0.717) is 56.4 Å². The first-order chi connectivity index (χ1) is 41.8. The molecule has 0 radical (unpaired) electrons. The molecule has 7 amide bonds. The predicted octanol–water partition coefficient (Wildman–Crippen LogP) is 3.16. The number of rotatable bonds is 26. The molecule has 17 N–H and O–H groups in total. The van der Waals surface area contributed by atoms with Crippen molar-refractivity contribution in [3.05, 3.63) is 63.9 Å². The maximum atomic E-state index is 14.4. The first-order valence-corrected chi connectivity index (χ1v) is 32.1. The third-order valence-electron chi connectivity index (χ3n) is 20.6. The van der Waals surface area contributed by atoms with Crippen LogP contribution in [0, 0.1) is 59.2 Å². The maximum absolute atomic E-state index is 14.4. The van der Waals surface area contributed by atoms with E-state index >= 15 is 0 Å². The number of nitrogens with zero attached hydrogens (tertiary/aromatic N) is 5. The zero-order valence-corrected chi connectivity index (χ0v) is 54.1. The number of allylic oxidation sites excluding steroid dienone is 6. The number of carbonyl (C=O) groups excluding carboxylic acids is 7. The first-order valence-electron chi connectivity index (χ1n) is 30.6. The van der Waals surface area contributed by atoms with E-state index in [4.69, 9.17) is 63.2 Å². The number of amides is 7. The number of benzene rings is 1. The van der Waals surface area contributed by atoms with Gasteiger partial charge in [0, 0.05) is 131 Å². The van der Waals surface area contributed by atoms with Gasteiger partial charge in [-0.1, -0.05) is 34.6 Å². The van der Waals surface area contributed by atoms with E-state index < -0.39 is 143 Å². The number of fused-ring (bicyclic) bond motifs is 7. The van der Waals surface area contributed by atoms with E-state index in [2.05, 4.69) is 15.6 Å². The zero-order chi connectivity index (χ0) is 66.7. The fourth-order valence-electron chi connectivity index (χ4n) is 15.4. The minimum atomic E-state index is -5.07. The first kappa shape index (κ1) is 68.9. The summed E-state index contributed by atoms with van der Waals surface area (Å²) in [6.07, 6.45) is -4.26. The van der Waals surface area contributed by atoms with Crippen molar-refractivity contribution in [3.63, 3.8) is 0 Å². The molecule has 2 fully saturated rings. The second kappa shape index (κ2) is 25.6. The third-order valence-corrected chi connectivity index (χ3v) is 21.7.